The summed E-state index contributed by atoms with van der Waals surface area (Å²) in [4.78, 5) is 23.0. The van der Waals surface area contributed by atoms with Gasteiger partial charge in [-0.05, 0) is 19.3 Å². The van der Waals surface area contributed by atoms with Crippen molar-refractivity contribution in [1.82, 2.24) is 4.90 Å². The summed E-state index contributed by atoms with van der Waals surface area (Å²) in [5.74, 6) is -2.20. The van der Waals surface area contributed by atoms with Crippen molar-refractivity contribution < 1.29 is 19.4 Å². The maximum absolute atomic E-state index is 11.2. The summed E-state index contributed by atoms with van der Waals surface area (Å²) in [6.07, 6.45) is 2.65. The van der Waals surface area contributed by atoms with Crippen LogP contribution in [0.5, 0.6) is 0 Å². The Morgan fingerprint density at radius 2 is 2.27 bits per heavy atom. The van der Waals surface area contributed by atoms with E-state index in [1.807, 2.05) is 6.92 Å². The molecule has 1 amide bonds. The molecule has 0 aromatic carbocycles. The van der Waals surface area contributed by atoms with E-state index in [4.69, 9.17) is 9.84 Å². The van der Waals surface area contributed by atoms with E-state index in [-0.39, 0.29) is 6.10 Å². The van der Waals surface area contributed by atoms with Gasteiger partial charge in [-0.1, -0.05) is 6.92 Å². The zero-order valence-electron chi connectivity index (χ0n) is 8.94. The number of hydrogen-bond donors (Lipinski definition) is 1. The third-order valence-corrected chi connectivity index (χ3v) is 2.41. The van der Waals surface area contributed by atoms with Gasteiger partial charge in [-0.15, -0.1) is 0 Å². The van der Waals surface area contributed by atoms with Crippen LogP contribution in [0.4, 0.5) is 0 Å². The molecule has 0 saturated carbocycles. The van der Waals surface area contributed by atoms with Crippen molar-refractivity contribution in [3.8, 4) is 0 Å². The van der Waals surface area contributed by atoms with E-state index in [0.29, 0.717) is 19.7 Å². The summed E-state index contributed by atoms with van der Waals surface area (Å²) in [5, 5.41) is 8.56. The third kappa shape index (κ3) is 3.51. The Morgan fingerprint density at radius 1 is 1.53 bits per heavy atom. The normalized spacial score (nSPS) is 21.4. The monoisotopic (exact) mass is 215 g/mol. The molecular weight excluding hydrogens is 198 g/mol. The summed E-state index contributed by atoms with van der Waals surface area (Å²) < 4.78 is 5.51. The predicted molar refractivity (Wildman–Crippen MR) is 53.5 cm³/mol. The number of rotatable bonds is 3. The lowest BCUT2D eigenvalue weighted by Crippen LogP contribution is -2.46. The van der Waals surface area contributed by atoms with Crippen LogP contribution in [0.1, 0.15) is 26.2 Å². The number of carbonyl (C=O) groups is 2. The van der Waals surface area contributed by atoms with Crippen molar-refractivity contribution in [3.05, 3.63) is 0 Å². The summed E-state index contributed by atoms with van der Waals surface area (Å²) in [7, 11) is 0. The molecule has 1 atom stereocenters. The van der Waals surface area contributed by atoms with Crippen LogP contribution in [-0.2, 0) is 14.3 Å². The molecule has 1 rings (SSSR count). The first-order valence-corrected chi connectivity index (χ1v) is 5.29. The van der Waals surface area contributed by atoms with Crippen LogP contribution in [-0.4, -0.2) is 47.7 Å². The molecule has 0 aromatic heterocycles. The smallest absolute Gasteiger partial charge is 0.394 e. The number of ether oxygens (including phenoxy) is 1. The van der Waals surface area contributed by atoms with Gasteiger partial charge in [0.1, 0.15) is 0 Å². The van der Waals surface area contributed by atoms with Crippen LogP contribution >= 0.6 is 0 Å². The molecule has 1 N–H and O–H groups in total. The Hall–Kier alpha value is -1.10. The quantitative estimate of drug-likeness (QED) is 0.696. The van der Waals surface area contributed by atoms with Crippen LogP contribution < -0.4 is 0 Å². The third-order valence-electron chi connectivity index (χ3n) is 2.41. The minimum Gasteiger partial charge on any atom is -0.474 e. The minimum absolute atomic E-state index is 0.00185. The van der Waals surface area contributed by atoms with Crippen LogP contribution in [0, 0.1) is 0 Å². The van der Waals surface area contributed by atoms with Crippen LogP contribution in [0.3, 0.4) is 0 Å². The summed E-state index contributed by atoms with van der Waals surface area (Å²) in [6.45, 7) is 3.62. The Morgan fingerprint density at radius 3 is 2.87 bits per heavy atom. The van der Waals surface area contributed by atoms with Gasteiger partial charge in [-0.3, -0.25) is 4.79 Å². The fourth-order valence-electron chi connectivity index (χ4n) is 1.68. The number of carboxylic acid groups (broad SMARTS) is 1. The van der Waals surface area contributed by atoms with Gasteiger partial charge < -0.3 is 14.7 Å². The van der Waals surface area contributed by atoms with Gasteiger partial charge in [-0.25, -0.2) is 4.79 Å². The van der Waals surface area contributed by atoms with E-state index >= 15 is 0 Å². The van der Waals surface area contributed by atoms with E-state index in [1.165, 1.54) is 4.90 Å². The van der Waals surface area contributed by atoms with Gasteiger partial charge in [0.2, 0.25) is 0 Å². The molecule has 1 aliphatic rings. The zero-order chi connectivity index (χ0) is 11.3. The fraction of sp³-hybridized carbons (Fsp3) is 0.800. The Balaban J connectivity index is 2.41. The molecule has 15 heavy (non-hydrogen) atoms. The first kappa shape index (κ1) is 12.0. The second-order valence-corrected chi connectivity index (χ2v) is 3.69. The Labute approximate surface area is 89.0 Å². The SMILES string of the molecule is CCCOC1CCCN(C(=O)C(=O)O)C1. The molecule has 86 valence electrons. The Kier molecular flexibility index (Phi) is 4.55. The number of aliphatic carboxylic acids is 1. The fourth-order valence-corrected chi connectivity index (χ4v) is 1.68. The van der Waals surface area contributed by atoms with Gasteiger partial charge >= 0.3 is 11.9 Å². The highest BCUT2D eigenvalue weighted by molar-refractivity contribution is 6.31. The van der Waals surface area contributed by atoms with Gasteiger partial charge in [0.05, 0.1) is 6.10 Å². The highest BCUT2D eigenvalue weighted by Crippen LogP contribution is 2.13. The van der Waals surface area contributed by atoms with Crippen molar-refractivity contribution in [2.24, 2.45) is 0 Å². The first-order valence-electron chi connectivity index (χ1n) is 5.29. The average molecular weight is 215 g/mol. The van der Waals surface area contributed by atoms with Crippen molar-refractivity contribution in [3.63, 3.8) is 0 Å². The predicted octanol–water partition coefficient (Wildman–Crippen LogP) is 0.489. The molecule has 5 nitrogen and oxygen atoms in total. The molecule has 1 aliphatic heterocycles. The average Bonchev–Trinajstić information content (AvgIpc) is 2.25. The van der Waals surface area contributed by atoms with Gasteiger partial charge in [0.25, 0.3) is 0 Å². The van der Waals surface area contributed by atoms with Crippen molar-refractivity contribution in [2.45, 2.75) is 32.3 Å². The summed E-state index contributed by atoms with van der Waals surface area (Å²) in [6, 6.07) is 0. The number of carbonyl (C=O) groups excluding carboxylic acids is 1. The molecule has 1 unspecified atom stereocenters. The van der Waals surface area contributed by atoms with Crippen LogP contribution in [0.25, 0.3) is 0 Å². The molecule has 5 heteroatoms. The van der Waals surface area contributed by atoms with E-state index in [1.54, 1.807) is 0 Å². The summed E-state index contributed by atoms with van der Waals surface area (Å²) in [5.41, 5.74) is 0. The lowest BCUT2D eigenvalue weighted by molar-refractivity contribution is -0.157. The second kappa shape index (κ2) is 5.70. The van der Waals surface area contributed by atoms with E-state index < -0.39 is 11.9 Å². The van der Waals surface area contributed by atoms with E-state index in [2.05, 4.69) is 0 Å². The minimum atomic E-state index is -1.38. The highest BCUT2D eigenvalue weighted by atomic mass is 16.5. The van der Waals surface area contributed by atoms with Gasteiger partial charge in [0.15, 0.2) is 0 Å². The molecule has 1 saturated heterocycles. The number of likely N-dealkylation sites (tertiary alicyclic amines) is 1. The molecule has 1 heterocycles. The first-order chi connectivity index (χ1) is 7.15. The largest absolute Gasteiger partial charge is 0.474 e. The maximum Gasteiger partial charge on any atom is 0.394 e. The number of piperidine rings is 1. The molecule has 1 fully saturated rings. The number of amides is 1. The molecule has 0 radical (unpaired) electrons. The Bertz CT molecular complexity index is 242. The van der Waals surface area contributed by atoms with Gasteiger partial charge in [-0.2, -0.15) is 0 Å². The molecule has 0 spiro atoms. The molecular formula is C10H17NO4. The second-order valence-electron chi connectivity index (χ2n) is 3.69. The van der Waals surface area contributed by atoms with Gasteiger partial charge in [0, 0.05) is 19.7 Å². The maximum atomic E-state index is 11.2. The molecule has 0 bridgehead atoms. The zero-order valence-corrected chi connectivity index (χ0v) is 8.94. The van der Waals surface area contributed by atoms with Crippen LogP contribution in [0.15, 0.2) is 0 Å². The van der Waals surface area contributed by atoms with E-state index in [9.17, 15) is 9.59 Å². The standard InChI is InChI=1S/C10H17NO4/c1-2-6-15-8-4-3-5-11(7-8)9(12)10(13)14/h8H,2-7H2,1H3,(H,13,14). The van der Waals surface area contributed by atoms with E-state index in [0.717, 1.165) is 19.3 Å². The van der Waals surface area contributed by atoms with Crippen molar-refractivity contribution in [2.75, 3.05) is 19.7 Å². The van der Waals surface area contributed by atoms with Crippen molar-refractivity contribution in [1.29, 1.82) is 0 Å². The lowest BCUT2D eigenvalue weighted by atomic mass is 10.1. The van der Waals surface area contributed by atoms with Crippen LogP contribution in [0.2, 0.25) is 0 Å². The lowest BCUT2D eigenvalue weighted by Gasteiger charge is -2.31. The number of hydrogen-bond acceptors (Lipinski definition) is 3. The summed E-state index contributed by atoms with van der Waals surface area (Å²) >= 11 is 0. The molecule has 0 aliphatic carbocycles. The highest BCUT2D eigenvalue weighted by Gasteiger charge is 2.27. The number of nitrogens with zero attached hydrogens (tertiary/aromatic N) is 1. The topological polar surface area (TPSA) is 66.8 Å². The van der Waals surface area contributed by atoms with Crippen molar-refractivity contribution >= 4 is 11.9 Å². The molecule has 0 aromatic rings. The number of carboxylic acids is 1.